The summed E-state index contributed by atoms with van der Waals surface area (Å²) in [7, 11) is 0. The molecule has 1 aliphatic carbocycles. The highest BCUT2D eigenvalue weighted by Crippen LogP contribution is 2.36. The van der Waals surface area contributed by atoms with Gasteiger partial charge >= 0.3 is 0 Å². The number of benzene rings is 1. The number of carbonyl (C=O) groups is 1. The first kappa shape index (κ1) is 11.2. The van der Waals surface area contributed by atoms with Crippen LogP contribution in [0.3, 0.4) is 0 Å². The Labute approximate surface area is 97.1 Å². The number of hydrogen-bond acceptors (Lipinski definition) is 1. The Bertz CT molecular complexity index is 382. The van der Waals surface area contributed by atoms with Crippen molar-refractivity contribution in [2.75, 3.05) is 0 Å². The van der Waals surface area contributed by atoms with Gasteiger partial charge in [0.05, 0.1) is 0 Å². The predicted molar refractivity (Wildman–Crippen MR) is 64.9 cm³/mol. The molecule has 0 saturated heterocycles. The number of carbonyl (C=O) groups excluding carboxylic acids is 1. The minimum atomic E-state index is 0.184. The van der Waals surface area contributed by atoms with Crippen LogP contribution >= 0.6 is 0 Å². The van der Waals surface area contributed by atoms with E-state index in [0.717, 1.165) is 0 Å². The van der Waals surface area contributed by atoms with Crippen molar-refractivity contribution < 1.29 is 4.79 Å². The summed E-state index contributed by atoms with van der Waals surface area (Å²) in [6.07, 6.45) is 2.44. The van der Waals surface area contributed by atoms with Crippen LogP contribution in [0.2, 0.25) is 0 Å². The molecule has 1 unspecified atom stereocenters. The van der Waals surface area contributed by atoms with Crippen molar-refractivity contribution in [3.63, 3.8) is 0 Å². The molecular weight excluding hydrogens is 198 g/mol. The Morgan fingerprint density at radius 3 is 2.75 bits per heavy atom. The maximum absolute atomic E-state index is 11.8. The zero-order valence-corrected chi connectivity index (χ0v) is 9.99. The topological polar surface area (TPSA) is 29.1 Å². The minimum absolute atomic E-state index is 0.184. The summed E-state index contributed by atoms with van der Waals surface area (Å²) in [6, 6.07) is 8.18. The van der Waals surface area contributed by atoms with Gasteiger partial charge in [-0.3, -0.25) is 4.79 Å². The van der Waals surface area contributed by atoms with Gasteiger partial charge in [0.15, 0.2) is 0 Å². The lowest BCUT2D eigenvalue weighted by molar-refractivity contribution is -0.125. The van der Waals surface area contributed by atoms with E-state index in [9.17, 15) is 4.79 Å². The fraction of sp³-hybridized carbons (Fsp3) is 0.500. The van der Waals surface area contributed by atoms with Crippen LogP contribution in [0.25, 0.3) is 0 Å². The molecule has 1 aromatic rings. The van der Waals surface area contributed by atoms with Gasteiger partial charge in [-0.15, -0.1) is 0 Å². The second kappa shape index (κ2) is 4.69. The van der Waals surface area contributed by atoms with Gasteiger partial charge in [0, 0.05) is 12.5 Å². The molecule has 2 heteroatoms. The van der Waals surface area contributed by atoms with E-state index >= 15 is 0 Å². The number of rotatable bonds is 4. The van der Waals surface area contributed by atoms with Gasteiger partial charge in [0.25, 0.3) is 0 Å². The normalized spacial score (nSPS) is 16.9. The van der Waals surface area contributed by atoms with E-state index in [1.165, 1.54) is 24.0 Å². The van der Waals surface area contributed by atoms with E-state index in [1.807, 2.05) is 19.1 Å². The van der Waals surface area contributed by atoms with E-state index < -0.39 is 0 Å². The molecule has 0 bridgehead atoms. The van der Waals surface area contributed by atoms with Crippen LogP contribution in [0.5, 0.6) is 0 Å². The lowest BCUT2D eigenvalue weighted by Gasteiger charge is -2.12. The highest BCUT2D eigenvalue weighted by molar-refractivity contribution is 5.78. The summed E-state index contributed by atoms with van der Waals surface area (Å²) >= 11 is 0. The van der Waals surface area contributed by atoms with Crippen molar-refractivity contribution in [1.29, 1.82) is 0 Å². The largest absolute Gasteiger partial charge is 0.352 e. The average molecular weight is 217 g/mol. The smallest absolute Gasteiger partial charge is 0.223 e. The lowest BCUT2D eigenvalue weighted by Crippen LogP contribution is -2.29. The third-order valence-corrected chi connectivity index (χ3v) is 3.46. The summed E-state index contributed by atoms with van der Waals surface area (Å²) < 4.78 is 0. The molecule has 2 nitrogen and oxygen atoms in total. The van der Waals surface area contributed by atoms with E-state index in [-0.39, 0.29) is 11.8 Å². The summed E-state index contributed by atoms with van der Waals surface area (Å²) in [4.78, 5) is 11.8. The van der Waals surface area contributed by atoms with Gasteiger partial charge in [-0.2, -0.15) is 0 Å². The summed E-state index contributed by atoms with van der Waals surface area (Å²) in [5.74, 6) is 1.02. The van der Waals surface area contributed by atoms with E-state index in [0.29, 0.717) is 12.5 Å². The van der Waals surface area contributed by atoms with Crippen LogP contribution in [0.4, 0.5) is 0 Å². The number of hydrogen-bond donors (Lipinski definition) is 1. The minimum Gasteiger partial charge on any atom is -0.352 e. The van der Waals surface area contributed by atoms with Crippen molar-refractivity contribution in [3.05, 3.63) is 35.4 Å². The molecule has 1 amide bonds. The third kappa shape index (κ3) is 2.63. The molecule has 1 aromatic carbocycles. The fourth-order valence-electron chi connectivity index (χ4n) is 1.96. The first-order valence-electron chi connectivity index (χ1n) is 6.00. The maximum Gasteiger partial charge on any atom is 0.223 e. The standard InChI is InChI=1S/C14H19NO/c1-10-5-3-4-6-13(10)9-15-14(16)11(2)12-7-8-12/h3-6,11-12H,7-9H2,1-2H3,(H,15,16). The van der Waals surface area contributed by atoms with Gasteiger partial charge in [0.2, 0.25) is 5.91 Å². The van der Waals surface area contributed by atoms with Crippen molar-refractivity contribution in [3.8, 4) is 0 Å². The Morgan fingerprint density at radius 1 is 1.44 bits per heavy atom. The van der Waals surface area contributed by atoms with Crippen molar-refractivity contribution in [2.24, 2.45) is 11.8 Å². The van der Waals surface area contributed by atoms with E-state index in [2.05, 4.69) is 24.4 Å². The Kier molecular flexibility index (Phi) is 3.28. The quantitative estimate of drug-likeness (QED) is 0.825. The number of aryl methyl sites for hydroxylation is 1. The highest BCUT2D eigenvalue weighted by atomic mass is 16.1. The molecule has 1 aliphatic rings. The fourth-order valence-corrected chi connectivity index (χ4v) is 1.96. The predicted octanol–water partition coefficient (Wildman–Crippen LogP) is 2.66. The second-order valence-electron chi connectivity index (χ2n) is 4.77. The SMILES string of the molecule is Cc1ccccc1CNC(=O)C(C)C1CC1. The molecule has 0 spiro atoms. The summed E-state index contributed by atoms with van der Waals surface area (Å²) in [5, 5.41) is 3.02. The van der Waals surface area contributed by atoms with Crippen LogP contribution in [0.15, 0.2) is 24.3 Å². The van der Waals surface area contributed by atoms with Crippen LogP contribution in [0.1, 0.15) is 30.9 Å². The van der Waals surface area contributed by atoms with E-state index in [1.54, 1.807) is 0 Å². The van der Waals surface area contributed by atoms with Crippen LogP contribution < -0.4 is 5.32 Å². The second-order valence-corrected chi connectivity index (χ2v) is 4.77. The Balaban J connectivity index is 1.87. The molecule has 86 valence electrons. The lowest BCUT2D eigenvalue weighted by atomic mass is 10.1. The van der Waals surface area contributed by atoms with Gasteiger partial charge < -0.3 is 5.32 Å². The molecular formula is C14H19NO. The van der Waals surface area contributed by atoms with Crippen molar-refractivity contribution in [2.45, 2.75) is 33.2 Å². The molecule has 0 radical (unpaired) electrons. The van der Waals surface area contributed by atoms with E-state index in [4.69, 9.17) is 0 Å². The number of nitrogens with one attached hydrogen (secondary N) is 1. The Morgan fingerprint density at radius 2 is 2.12 bits per heavy atom. The van der Waals surface area contributed by atoms with Crippen LogP contribution in [-0.4, -0.2) is 5.91 Å². The van der Waals surface area contributed by atoms with Crippen LogP contribution in [-0.2, 0) is 11.3 Å². The Hall–Kier alpha value is -1.31. The monoisotopic (exact) mass is 217 g/mol. The summed E-state index contributed by atoms with van der Waals surface area (Å²) in [6.45, 7) is 4.76. The maximum atomic E-state index is 11.8. The first-order valence-corrected chi connectivity index (χ1v) is 6.00. The van der Waals surface area contributed by atoms with Crippen molar-refractivity contribution in [1.82, 2.24) is 5.32 Å². The first-order chi connectivity index (χ1) is 7.68. The third-order valence-electron chi connectivity index (χ3n) is 3.46. The van der Waals surface area contributed by atoms with Gasteiger partial charge in [-0.1, -0.05) is 31.2 Å². The number of amides is 1. The molecule has 0 heterocycles. The van der Waals surface area contributed by atoms with Gasteiger partial charge in [-0.25, -0.2) is 0 Å². The molecule has 1 atom stereocenters. The molecule has 16 heavy (non-hydrogen) atoms. The molecule has 1 fully saturated rings. The molecule has 0 aliphatic heterocycles. The zero-order chi connectivity index (χ0) is 11.5. The molecule has 2 rings (SSSR count). The molecule has 1 N–H and O–H groups in total. The molecule has 1 saturated carbocycles. The van der Waals surface area contributed by atoms with Crippen molar-refractivity contribution >= 4 is 5.91 Å². The highest BCUT2D eigenvalue weighted by Gasteiger charge is 2.32. The van der Waals surface area contributed by atoms with Gasteiger partial charge in [0.1, 0.15) is 0 Å². The van der Waals surface area contributed by atoms with Crippen LogP contribution in [0, 0.1) is 18.8 Å². The summed E-state index contributed by atoms with van der Waals surface area (Å²) in [5.41, 5.74) is 2.45. The average Bonchev–Trinajstić information content (AvgIpc) is 3.10. The van der Waals surface area contributed by atoms with Gasteiger partial charge in [-0.05, 0) is 36.8 Å². The zero-order valence-electron chi connectivity index (χ0n) is 9.99. The molecule has 0 aromatic heterocycles.